The number of carbonyl (C=O) groups excluding carboxylic acids is 1. The molecule has 0 saturated heterocycles. The summed E-state index contributed by atoms with van der Waals surface area (Å²) < 4.78 is 0. The van der Waals surface area contributed by atoms with Gasteiger partial charge in [-0.2, -0.15) is 0 Å². The Morgan fingerprint density at radius 3 is 2.77 bits per heavy atom. The molecule has 5 heteroatoms. The lowest BCUT2D eigenvalue weighted by Gasteiger charge is -2.54. The molecule has 5 nitrogen and oxygen atoms in total. The number of aromatic nitrogens is 1. The highest BCUT2D eigenvalue weighted by Crippen LogP contribution is 2.55. The zero-order chi connectivity index (χ0) is 15.2. The highest BCUT2D eigenvalue weighted by atomic mass is 16.2. The number of aromatic amines is 1. The van der Waals surface area contributed by atoms with E-state index in [4.69, 9.17) is 0 Å². The molecule has 1 aromatic heterocycles. The first-order valence-corrected chi connectivity index (χ1v) is 7.83. The van der Waals surface area contributed by atoms with Gasteiger partial charge in [-0.3, -0.25) is 4.79 Å². The average molecular weight is 297 g/mol. The Kier molecular flexibility index (Phi) is 2.96. The third-order valence-corrected chi connectivity index (χ3v) is 5.14. The normalized spacial score (nSPS) is 19.5. The van der Waals surface area contributed by atoms with E-state index < -0.39 is 0 Å². The number of benzene rings is 1. The van der Waals surface area contributed by atoms with E-state index in [-0.39, 0.29) is 11.6 Å². The van der Waals surface area contributed by atoms with Crippen molar-refractivity contribution in [3.05, 3.63) is 40.8 Å². The maximum atomic E-state index is 12.0. The second kappa shape index (κ2) is 4.87. The lowest BCUT2D eigenvalue weighted by molar-refractivity contribution is 0.00286. The highest BCUT2D eigenvalue weighted by Gasteiger charge is 2.48. The van der Waals surface area contributed by atoms with Crippen molar-refractivity contribution in [3.63, 3.8) is 0 Å². The summed E-state index contributed by atoms with van der Waals surface area (Å²) in [5.74, 6) is 0. The number of carbonyl (C=O) groups is 1. The lowest BCUT2D eigenvalue weighted by atomic mass is 9.54. The Hall–Kier alpha value is -2.30. The van der Waals surface area contributed by atoms with Crippen molar-refractivity contribution < 1.29 is 4.79 Å². The van der Waals surface area contributed by atoms with Gasteiger partial charge in [0, 0.05) is 23.3 Å². The molecule has 22 heavy (non-hydrogen) atoms. The minimum absolute atomic E-state index is 0.117. The molecule has 0 unspecified atom stereocenters. The van der Waals surface area contributed by atoms with Gasteiger partial charge in [0.25, 0.3) is 5.56 Å². The minimum Gasteiger partial charge on any atom is -0.335 e. The zero-order valence-electron chi connectivity index (χ0n) is 12.3. The highest BCUT2D eigenvalue weighted by molar-refractivity contribution is 5.93. The molecular formula is C17H19N3O2. The summed E-state index contributed by atoms with van der Waals surface area (Å²) in [5.41, 5.74) is 1.14. The van der Waals surface area contributed by atoms with Crippen LogP contribution in [0, 0.1) is 5.41 Å². The summed E-state index contributed by atoms with van der Waals surface area (Å²) in [4.78, 5) is 26.3. The van der Waals surface area contributed by atoms with E-state index in [1.165, 1.54) is 19.3 Å². The van der Waals surface area contributed by atoms with Crippen LogP contribution in [0.3, 0.4) is 0 Å². The van der Waals surface area contributed by atoms with Gasteiger partial charge >= 0.3 is 6.03 Å². The largest absolute Gasteiger partial charge is 0.335 e. The number of H-pyrrole nitrogens is 1. The van der Waals surface area contributed by atoms with Gasteiger partial charge in [-0.05, 0) is 60.7 Å². The maximum Gasteiger partial charge on any atom is 0.319 e. The van der Waals surface area contributed by atoms with Gasteiger partial charge in [-0.15, -0.1) is 0 Å². The molecule has 2 aromatic rings. The summed E-state index contributed by atoms with van der Waals surface area (Å²) in [6, 6.07) is 7.28. The number of amides is 2. The monoisotopic (exact) mass is 297 g/mol. The Balaban J connectivity index is 1.40. The number of hydrogen-bond donors (Lipinski definition) is 3. The number of fused-ring (bicyclic) bond motifs is 1. The predicted molar refractivity (Wildman–Crippen MR) is 86.0 cm³/mol. The molecule has 0 aliphatic heterocycles. The molecule has 2 fully saturated rings. The SMILES string of the molecule is O=C(Nc1ccc2c(=O)[nH]ccc2c1)NC1CC2(CCC2)C1. The quantitative estimate of drug-likeness (QED) is 0.797. The number of anilines is 1. The van der Waals surface area contributed by atoms with Gasteiger partial charge in [0.15, 0.2) is 0 Å². The van der Waals surface area contributed by atoms with Crippen LogP contribution in [0.1, 0.15) is 32.1 Å². The number of pyridine rings is 1. The van der Waals surface area contributed by atoms with Gasteiger partial charge < -0.3 is 15.6 Å². The summed E-state index contributed by atoms with van der Waals surface area (Å²) >= 11 is 0. The summed E-state index contributed by atoms with van der Waals surface area (Å²) in [7, 11) is 0. The van der Waals surface area contributed by atoms with Crippen LogP contribution >= 0.6 is 0 Å². The molecule has 4 rings (SSSR count). The third-order valence-electron chi connectivity index (χ3n) is 5.14. The molecule has 2 aliphatic rings. The van der Waals surface area contributed by atoms with Gasteiger partial charge in [0.05, 0.1) is 0 Å². The summed E-state index contributed by atoms with van der Waals surface area (Å²) in [6.07, 6.45) is 7.84. The van der Waals surface area contributed by atoms with E-state index in [1.54, 1.807) is 18.3 Å². The van der Waals surface area contributed by atoms with Crippen molar-refractivity contribution >= 4 is 22.5 Å². The molecule has 0 bridgehead atoms. The molecule has 1 spiro atoms. The smallest absolute Gasteiger partial charge is 0.319 e. The standard InChI is InChI=1S/C17H19N3O2/c21-15-14-3-2-12(8-11(14)4-7-18-15)19-16(22)20-13-9-17(10-13)5-1-6-17/h2-4,7-8,13H,1,5-6,9-10H2,(H,18,21)(H2,19,20,22). The van der Waals surface area contributed by atoms with Crippen LogP contribution in [-0.2, 0) is 0 Å². The van der Waals surface area contributed by atoms with Crippen molar-refractivity contribution in [2.24, 2.45) is 5.41 Å². The Labute approximate surface area is 128 Å². The number of nitrogens with one attached hydrogen (secondary N) is 3. The Bertz CT molecular complexity index is 784. The number of hydrogen-bond acceptors (Lipinski definition) is 2. The van der Waals surface area contributed by atoms with Crippen LogP contribution in [0.2, 0.25) is 0 Å². The number of rotatable bonds is 2. The molecule has 1 aromatic carbocycles. The molecule has 114 valence electrons. The number of urea groups is 1. The predicted octanol–water partition coefficient (Wildman–Crippen LogP) is 2.98. The second-order valence-corrected chi connectivity index (χ2v) is 6.67. The van der Waals surface area contributed by atoms with E-state index in [2.05, 4.69) is 15.6 Å². The summed E-state index contributed by atoms with van der Waals surface area (Å²) in [6.45, 7) is 0. The molecule has 2 amide bonds. The van der Waals surface area contributed by atoms with Crippen LogP contribution < -0.4 is 16.2 Å². The van der Waals surface area contributed by atoms with Crippen molar-refractivity contribution in [3.8, 4) is 0 Å². The average Bonchev–Trinajstić information content (AvgIpc) is 2.40. The lowest BCUT2D eigenvalue weighted by Crippen LogP contribution is -2.54. The first-order valence-electron chi connectivity index (χ1n) is 7.83. The topological polar surface area (TPSA) is 74.0 Å². The second-order valence-electron chi connectivity index (χ2n) is 6.67. The van der Waals surface area contributed by atoms with Crippen molar-refractivity contribution in [1.29, 1.82) is 0 Å². The fourth-order valence-electron chi connectivity index (χ4n) is 3.80. The van der Waals surface area contributed by atoms with E-state index in [0.717, 1.165) is 18.2 Å². The van der Waals surface area contributed by atoms with Crippen molar-refractivity contribution in [1.82, 2.24) is 10.3 Å². The van der Waals surface area contributed by atoms with E-state index in [9.17, 15) is 9.59 Å². The van der Waals surface area contributed by atoms with E-state index >= 15 is 0 Å². The van der Waals surface area contributed by atoms with Gasteiger partial charge in [0.1, 0.15) is 0 Å². The molecule has 0 atom stereocenters. The van der Waals surface area contributed by atoms with Gasteiger partial charge in [-0.1, -0.05) is 6.42 Å². The van der Waals surface area contributed by atoms with Crippen LogP contribution in [-0.4, -0.2) is 17.1 Å². The Morgan fingerprint density at radius 2 is 2.05 bits per heavy atom. The molecular weight excluding hydrogens is 278 g/mol. The van der Waals surface area contributed by atoms with Crippen molar-refractivity contribution in [2.45, 2.75) is 38.1 Å². The molecule has 1 heterocycles. The van der Waals surface area contributed by atoms with Crippen LogP contribution in [0.5, 0.6) is 0 Å². The fourth-order valence-corrected chi connectivity index (χ4v) is 3.80. The minimum atomic E-state index is -0.164. The zero-order valence-corrected chi connectivity index (χ0v) is 12.3. The van der Waals surface area contributed by atoms with Gasteiger partial charge in [-0.25, -0.2) is 4.79 Å². The first kappa shape index (κ1) is 13.4. The first-order chi connectivity index (χ1) is 10.6. The molecule has 2 aliphatic carbocycles. The van der Waals surface area contributed by atoms with E-state index in [0.29, 0.717) is 22.5 Å². The van der Waals surface area contributed by atoms with Crippen LogP contribution in [0.25, 0.3) is 10.8 Å². The van der Waals surface area contributed by atoms with Crippen molar-refractivity contribution in [2.75, 3.05) is 5.32 Å². The molecule has 0 radical (unpaired) electrons. The molecule has 3 N–H and O–H groups in total. The maximum absolute atomic E-state index is 12.0. The molecule has 2 saturated carbocycles. The van der Waals surface area contributed by atoms with Crippen LogP contribution in [0.15, 0.2) is 35.3 Å². The Morgan fingerprint density at radius 1 is 1.23 bits per heavy atom. The van der Waals surface area contributed by atoms with Crippen LogP contribution in [0.4, 0.5) is 10.5 Å². The van der Waals surface area contributed by atoms with E-state index in [1.807, 2.05) is 12.1 Å². The van der Waals surface area contributed by atoms with Gasteiger partial charge in [0.2, 0.25) is 0 Å². The third kappa shape index (κ3) is 2.26. The summed E-state index contributed by atoms with van der Waals surface area (Å²) in [5, 5.41) is 7.33. The fraction of sp³-hybridized carbons (Fsp3) is 0.412.